The monoisotopic (exact) mass is 554 g/mol. The molecule has 4 rings (SSSR count). The van der Waals surface area contributed by atoms with Gasteiger partial charge in [-0.15, -0.1) is 0 Å². The normalized spacial score (nSPS) is 15.9. The Balaban J connectivity index is 1.75. The molecule has 1 aliphatic rings. The molecule has 0 aliphatic carbocycles. The molecule has 1 aliphatic heterocycles. The van der Waals surface area contributed by atoms with Crippen molar-refractivity contribution in [2.24, 2.45) is 0 Å². The largest absolute Gasteiger partial charge is 0.489 e. The summed E-state index contributed by atoms with van der Waals surface area (Å²) in [5.41, 5.74) is 0.868. The van der Waals surface area contributed by atoms with Crippen LogP contribution in [0.2, 0.25) is 0 Å². The number of esters is 1. The van der Waals surface area contributed by atoms with Gasteiger partial charge in [0.05, 0.1) is 29.8 Å². The zero-order chi connectivity index (χ0) is 28.7. The second-order valence-electron chi connectivity index (χ2n) is 10.2. The Hall–Kier alpha value is -3.76. The van der Waals surface area contributed by atoms with Gasteiger partial charge >= 0.3 is 12.1 Å². The maximum absolute atomic E-state index is 13.4. The Bertz CT molecular complexity index is 1350. The molecule has 1 atom stereocenters. The van der Waals surface area contributed by atoms with Crippen LogP contribution in [0.4, 0.5) is 9.18 Å². The second kappa shape index (κ2) is 13.1. The predicted molar refractivity (Wildman–Crippen MR) is 148 cm³/mol. The first-order valence-electron chi connectivity index (χ1n) is 13.4. The van der Waals surface area contributed by atoms with E-state index in [0.29, 0.717) is 28.8 Å². The summed E-state index contributed by atoms with van der Waals surface area (Å²) in [6.07, 6.45) is 5.27. The van der Waals surface area contributed by atoms with Crippen molar-refractivity contribution >= 4 is 35.1 Å². The lowest BCUT2D eigenvalue weighted by Crippen LogP contribution is -2.27. The van der Waals surface area contributed by atoms with Gasteiger partial charge in [-0.25, -0.2) is 14.0 Å². The molecule has 3 aromatic rings. The van der Waals surface area contributed by atoms with Crippen molar-refractivity contribution in [3.05, 3.63) is 59.0 Å². The molecular formula is C30H35FN2O7. The minimum absolute atomic E-state index is 0.115. The zero-order valence-electron chi connectivity index (χ0n) is 23.3. The highest BCUT2D eigenvalue weighted by molar-refractivity contribution is 6.05. The number of hydrogen-bond donors (Lipinski definition) is 0. The number of carbonyl (C=O) groups is 2. The van der Waals surface area contributed by atoms with Crippen LogP contribution in [0.1, 0.15) is 68.6 Å². The van der Waals surface area contributed by atoms with E-state index in [9.17, 15) is 14.0 Å². The average molecular weight is 555 g/mol. The van der Waals surface area contributed by atoms with Crippen LogP contribution in [0.15, 0.2) is 36.4 Å². The number of rotatable bonds is 9. The lowest BCUT2D eigenvalue weighted by atomic mass is 10.1. The highest BCUT2D eigenvalue weighted by Crippen LogP contribution is 2.35. The number of hydrogen-bond acceptors (Lipinski definition) is 8. The van der Waals surface area contributed by atoms with Crippen LogP contribution in [0.25, 0.3) is 23.1 Å². The third-order valence-electron chi connectivity index (χ3n) is 5.96. The standard InChI is InChI=1S/C30H35FN2O7/c1-5-36-28(34)22-14-16-24-26(27(22)39-19-18-38-25-8-6-7-17-37-25)23(15-11-20-9-12-21(31)13-10-20)32-33(24)29(35)40-30(2,3)4/h9-16,25H,5-8,17-19H2,1-4H3. The van der Waals surface area contributed by atoms with Gasteiger partial charge in [0, 0.05) is 6.61 Å². The fourth-order valence-electron chi connectivity index (χ4n) is 4.20. The SMILES string of the molecule is CCOC(=O)c1ccc2c(c(C=Cc3ccc(F)cc3)nn2C(=O)OC(C)(C)C)c1OCCOC1CCCCO1. The fraction of sp³-hybridized carbons (Fsp3) is 0.433. The Kier molecular flexibility index (Phi) is 9.54. The van der Waals surface area contributed by atoms with E-state index in [0.717, 1.165) is 23.9 Å². The summed E-state index contributed by atoms with van der Waals surface area (Å²) in [4.78, 5) is 26.0. The van der Waals surface area contributed by atoms with Crippen LogP contribution < -0.4 is 4.74 Å². The summed E-state index contributed by atoms with van der Waals surface area (Å²) in [6, 6.07) is 9.07. The molecule has 0 spiro atoms. The molecule has 0 amide bonds. The number of halogens is 1. The Morgan fingerprint density at radius 3 is 2.55 bits per heavy atom. The number of aromatic nitrogens is 2. The summed E-state index contributed by atoms with van der Waals surface area (Å²) >= 11 is 0. The van der Waals surface area contributed by atoms with Gasteiger partial charge < -0.3 is 23.7 Å². The number of nitrogens with zero attached hydrogens (tertiary/aromatic N) is 2. The third-order valence-corrected chi connectivity index (χ3v) is 5.96. The van der Waals surface area contributed by atoms with Gasteiger partial charge in [0.25, 0.3) is 0 Å². The van der Waals surface area contributed by atoms with Crippen LogP contribution in [0.3, 0.4) is 0 Å². The maximum Gasteiger partial charge on any atom is 0.435 e. The zero-order valence-corrected chi connectivity index (χ0v) is 23.3. The molecule has 0 saturated carbocycles. The van der Waals surface area contributed by atoms with Crippen molar-refractivity contribution in [2.75, 3.05) is 26.4 Å². The lowest BCUT2D eigenvalue weighted by molar-refractivity contribution is -0.165. The predicted octanol–water partition coefficient (Wildman–Crippen LogP) is 6.23. The Labute approximate surface area is 232 Å². The molecule has 1 fully saturated rings. The number of ether oxygens (including phenoxy) is 5. The quantitative estimate of drug-likeness (QED) is 0.227. The molecule has 2 heterocycles. The summed E-state index contributed by atoms with van der Waals surface area (Å²) < 4.78 is 43.0. The molecule has 9 nitrogen and oxygen atoms in total. The van der Waals surface area contributed by atoms with Gasteiger partial charge in [0.1, 0.15) is 29.3 Å². The number of carbonyl (C=O) groups excluding carboxylic acids is 2. The van der Waals surface area contributed by atoms with E-state index in [-0.39, 0.29) is 43.2 Å². The fourth-order valence-corrected chi connectivity index (χ4v) is 4.20. The van der Waals surface area contributed by atoms with Crippen molar-refractivity contribution in [1.82, 2.24) is 9.78 Å². The van der Waals surface area contributed by atoms with E-state index in [1.165, 1.54) is 18.2 Å². The highest BCUT2D eigenvalue weighted by Gasteiger charge is 2.27. The summed E-state index contributed by atoms with van der Waals surface area (Å²) in [5, 5.41) is 4.93. The molecule has 1 aromatic heterocycles. The van der Waals surface area contributed by atoms with Crippen LogP contribution >= 0.6 is 0 Å². The summed E-state index contributed by atoms with van der Waals surface area (Å²) in [5.74, 6) is -0.723. The molecular weight excluding hydrogens is 519 g/mol. The maximum atomic E-state index is 13.4. The smallest absolute Gasteiger partial charge is 0.435 e. The van der Waals surface area contributed by atoms with Crippen molar-refractivity contribution in [3.63, 3.8) is 0 Å². The molecule has 0 radical (unpaired) electrons. The van der Waals surface area contributed by atoms with Crippen LogP contribution in [-0.2, 0) is 18.9 Å². The summed E-state index contributed by atoms with van der Waals surface area (Å²) in [6.45, 7) is 8.17. The molecule has 214 valence electrons. The van der Waals surface area contributed by atoms with Gasteiger partial charge in [0.15, 0.2) is 6.29 Å². The molecule has 1 saturated heterocycles. The van der Waals surface area contributed by atoms with Gasteiger partial charge in [-0.2, -0.15) is 9.78 Å². The highest BCUT2D eigenvalue weighted by atomic mass is 19.1. The van der Waals surface area contributed by atoms with Gasteiger partial charge in [-0.1, -0.05) is 18.2 Å². The lowest BCUT2D eigenvalue weighted by Gasteiger charge is -2.22. The molecule has 0 bridgehead atoms. The number of benzene rings is 2. The van der Waals surface area contributed by atoms with Gasteiger partial charge in [0.2, 0.25) is 0 Å². The van der Waals surface area contributed by atoms with Crippen LogP contribution in [-0.4, -0.2) is 60.2 Å². The van der Waals surface area contributed by atoms with Crippen molar-refractivity contribution in [2.45, 2.75) is 58.8 Å². The van der Waals surface area contributed by atoms with Crippen molar-refractivity contribution < 1.29 is 37.7 Å². The molecule has 40 heavy (non-hydrogen) atoms. The Morgan fingerprint density at radius 2 is 1.88 bits per heavy atom. The van der Waals surface area contributed by atoms with E-state index < -0.39 is 17.7 Å². The van der Waals surface area contributed by atoms with Gasteiger partial charge in [-0.05, 0) is 82.9 Å². The first kappa shape index (κ1) is 29.2. The van der Waals surface area contributed by atoms with Crippen LogP contribution in [0, 0.1) is 5.82 Å². The minimum Gasteiger partial charge on any atom is -0.489 e. The first-order valence-corrected chi connectivity index (χ1v) is 13.4. The first-order chi connectivity index (χ1) is 19.2. The van der Waals surface area contributed by atoms with Crippen molar-refractivity contribution in [1.29, 1.82) is 0 Å². The van der Waals surface area contributed by atoms with Crippen molar-refractivity contribution in [3.8, 4) is 5.75 Å². The third kappa shape index (κ3) is 7.45. The molecule has 10 heteroatoms. The summed E-state index contributed by atoms with van der Waals surface area (Å²) in [7, 11) is 0. The van der Waals surface area contributed by atoms with E-state index in [1.54, 1.807) is 58.0 Å². The Morgan fingerprint density at radius 1 is 1.10 bits per heavy atom. The topological polar surface area (TPSA) is 98.1 Å². The van der Waals surface area contributed by atoms with E-state index in [1.807, 2.05) is 0 Å². The molecule has 0 N–H and O–H groups in total. The van der Waals surface area contributed by atoms with Gasteiger partial charge in [-0.3, -0.25) is 0 Å². The van der Waals surface area contributed by atoms with E-state index >= 15 is 0 Å². The second-order valence-corrected chi connectivity index (χ2v) is 10.2. The number of fused-ring (bicyclic) bond motifs is 1. The van der Waals surface area contributed by atoms with Crippen LogP contribution in [0.5, 0.6) is 5.75 Å². The van der Waals surface area contributed by atoms with E-state index in [4.69, 9.17) is 23.7 Å². The average Bonchev–Trinajstić information content (AvgIpc) is 3.30. The molecule has 1 unspecified atom stereocenters. The molecule has 2 aromatic carbocycles. The minimum atomic E-state index is -0.762. The van der Waals surface area contributed by atoms with E-state index in [2.05, 4.69) is 5.10 Å².